The first-order valence-corrected chi connectivity index (χ1v) is 8.19. The third-order valence-electron chi connectivity index (χ3n) is 2.62. The molecule has 1 amide bonds. The second-order valence-corrected chi connectivity index (χ2v) is 6.44. The highest BCUT2D eigenvalue weighted by Gasteiger charge is 2.15. The van der Waals surface area contributed by atoms with Crippen LogP contribution in [0, 0.1) is 18.3 Å². The molecule has 118 valence electrons. The molecule has 2 aromatic rings. The van der Waals surface area contributed by atoms with Crippen LogP contribution in [0.15, 0.2) is 22.4 Å². The van der Waals surface area contributed by atoms with Gasteiger partial charge in [0, 0.05) is 0 Å². The van der Waals surface area contributed by atoms with Crippen molar-refractivity contribution in [3.05, 3.63) is 35.3 Å². The molecule has 7 nitrogen and oxygen atoms in total. The van der Waals surface area contributed by atoms with E-state index in [9.17, 15) is 9.59 Å². The molecule has 0 saturated heterocycles. The summed E-state index contributed by atoms with van der Waals surface area (Å²) >= 11 is 2.65. The smallest absolute Gasteiger partial charge is 0.356 e. The third-order valence-corrected chi connectivity index (χ3v) is 4.92. The lowest BCUT2D eigenvalue weighted by atomic mass is 10.3. The first-order valence-electron chi connectivity index (χ1n) is 6.39. The van der Waals surface area contributed by atoms with E-state index in [1.807, 2.05) is 13.0 Å². The van der Waals surface area contributed by atoms with Gasteiger partial charge in [0.15, 0.2) is 5.13 Å². The van der Waals surface area contributed by atoms with Gasteiger partial charge in [-0.2, -0.15) is 5.26 Å². The summed E-state index contributed by atoms with van der Waals surface area (Å²) < 4.78 is 5.45. The number of amides is 1. The Bertz CT molecular complexity index is 783. The maximum Gasteiger partial charge on any atom is 0.356 e. The maximum atomic E-state index is 12.2. The number of anilines is 1. The number of pyridine rings is 1. The molecule has 0 bridgehead atoms. The Morgan fingerprint density at radius 3 is 2.83 bits per heavy atom. The lowest BCUT2D eigenvalue weighted by Crippen LogP contribution is -2.15. The molecule has 0 saturated carbocycles. The third kappa shape index (κ3) is 4.28. The molecule has 1 N–H and O–H groups in total. The van der Waals surface area contributed by atoms with E-state index < -0.39 is 11.9 Å². The molecule has 2 heterocycles. The quantitative estimate of drug-likeness (QED) is 0.653. The van der Waals surface area contributed by atoms with Crippen molar-refractivity contribution in [2.75, 3.05) is 18.2 Å². The number of thiazole rings is 1. The number of hydrogen-bond donors (Lipinski definition) is 1. The highest BCUT2D eigenvalue weighted by molar-refractivity contribution is 8.01. The molecular formula is C14H12N4O3S2. The predicted molar refractivity (Wildman–Crippen MR) is 86.7 cm³/mol. The Morgan fingerprint density at radius 2 is 2.13 bits per heavy atom. The minimum atomic E-state index is -0.611. The van der Waals surface area contributed by atoms with Crippen molar-refractivity contribution in [3.63, 3.8) is 0 Å². The first kappa shape index (κ1) is 16.9. The molecule has 2 rings (SSSR count). The number of nitrogens with zero attached hydrogens (tertiary/aromatic N) is 3. The van der Waals surface area contributed by atoms with Crippen molar-refractivity contribution in [2.45, 2.75) is 11.1 Å². The fraction of sp³-hybridized carbons (Fsp3) is 0.214. The number of methoxy groups -OCH3 is 1. The largest absolute Gasteiger partial charge is 0.464 e. The number of thioether (sulfide) groups is 1. The van der Waals surface area contributed by atoms with Crippen LogP contribution in [0.25, 0.3) is 0 Å². The van der Waals surface area contributed by atoms with Gasteiger partial charge in [0.2, 0.25) is 0 Å². The van der Waals surface area contributed by atoms with E-state index in [0.29, 0.717) is 10.9 Å². The van der Waals surface area contributed by atoms with Crippen LogP contribution in [0.1, 0.15) is 26.7 Å². The van der Waals surface area contributed by atoms with Crippen molar-refractivity contribution in [1.82, 2.24) is 9.97 Å². The summed E-state index contributed by atoms with van der Waals surface area (Å²) in [6.45, 7) is 1.81. The number of ether oxygens (including phenoxy) is 1. The van der Waals surface area contributed by atoms with Gasteiger partial charge in [0.25, 0.3) is 5.91 Å². The lowest BCUT2D eigenvalue weighted by Gasteiger charge is -2.03. The van der Waals surface area contributed by atoms with E-state index >= 15 is 0 Å². The summed E-state index contributed by atoms with van der Waals surface area (Å²) in [5.41, 5.74) is 0.898. The van der Waals surface area contributed by atoms with Crippen LogP contribution in [-0.2, 0) is 4.74 Å². The Morgan fingerprint density at radius 1 is 1.39 bits per heavy atom. The average molecular weight is 348 g/mol. The number of aromatic nitrogens is 2. The topological polar surface area (TPSA) is 105 Å². The maximum absolute atomic E-state index is 12.2. The number of nitrogens with one attached hydrogen (secondary N) is 1. The van der Waals surface area contributed by atoms with E-state index in [-0.39, 0.29) is 11.4 Å². The van der Waals surface area contributed by atoms with Gasteiger partial charge in [0.05, 0.1) is 28.8 Å². The van der Waals surface area contributed by atoms with E-state index in [0.717, 1.165) is 9.90 Å². The van der Waals surface area contributed by atoms with Crippen LogP contribution in [0.2, 0.25) is 0 Å². The van der Waals surface area contributed by atoms with Crippen LogP contribution >= 0.6 is 23.1 Å². The van der Waals surface area contributed by atoms with Crippen molar-refractivity contribution in [3.8, 4) is 6.07 Å². The molecule has 9 heteroatoms. The molecule has 0 aliphatic heterocycles. The Labute approximate surface area is 140 Å². The normalized spacial score (nSPS) is 9.96. The zero-order chi connectivity index (χ0) is 16.8. The standard InChI is InChI=1S/C14H12N4O3S2/c1-8-13(22-7-6-15)23-14(16-8)18-11(19)9-4-3-5-10(17-9)12(20)21-2/h3-5H,7H2,1-2H3,(H,16,18,19). The molecule has 0 spiro atoms. The highest BCUT2D eigenvalue weighted by Crippen LogP contribution is 2.31. The van der Waals surface area contributed by atoms with Crippen LogP contribution in [-0.4, -0.2) is 34.7 Å². The van der Waals surface area contributed by atoms with Crippen LogP contribution in [0.5, 0.6) is 0 Å². The average Bonchev–Trinajstić information content (AvgIpc) is 2.91. The first-order chi connectivity index (χ1) is 11.0. The monoisotopic (exact) mass is 348 g/mol. The second kappa shape index (κ2) is 7.71. The zero-order valence-corrected chi connectivity index (χ0v) is 14.0. The molecule has 0 radical (unpaired) electrons. The highest BCUT2D eigenvalue weighted by atomic mass is 32.2. The molecule has 0 atom stereocenters. The molecule has 0 aliphatic carbocycles. The van der Waals surface area contributed by atoms with E-state index in [4.69, 9.17) is 5.26 Å². The molecule has 23 heavy (non-hydrogen) atoms. The van der Waals surface area contributed by atoms with Gasteiger partial charge in [0.1, 0.15) is 11.4 Å². The van der Waals surface area contributed by atoms with E-state index in [1.165, 1.54) is 42.3 Å². The summed E-state index contributed by atoms with van der Waals surface area (Å²) in [5.74, 6) is -0.764. The van der Waals surface area contributed by atoms with Crippen molar-refractivity contribution in [2.24, 2.45) is 0 Å². The predicted octanol–water partition coefficient (Wildman–Crippen LogP) is 2.50. The summed E-state index contributed by atoms with van der Waals surface area (Å²) in [7, 11) is 1.25. The number of rotatable bonds is 5. The number of carbonyl (C=O) groups is 2. The molecule has 2 aromatic heterocycles. The van der Waals surface area contributed by atoms with Gasteiger partial charge >= 0.3 is 5.97 Å². The van der Waals surface area contributed by atoms with Crippen molar-refractivity contribution < 1.29 is 14.3 Å². The molecule has 0 aromatic carbocycles. The molecular weight excluding hydrogens is 336 g/mol. The van der Waals surface area contributed by atoms with Crippen LogP contribution in [0.3, 0.4) is 0 Å². The lowest BCUT2D eigenvalue weighted by molar-refractivity contribution is 0.0594. The zero-order valence-electron chi connectivity index (χ0n) is 12.3. The number of esters is 1. The summed E-state index contributed by atoms with van der Waals surface area (Å²) in [6.07, 6.45) is 0. The fourth-order valence-electron chi connectivity index (χ4n) is 1.61. The fourth-order valence-corrected chi connectivity index (χ4v) is 3.40. The van der Waals surface area contributed by atoms with Gasteiger partial charge in [-0.05, 0) is 19.1 Å². The van der Waals surface area contributed by atoms with Crippen LogP contribution in [0.4, 0.5) is 5.13 Å². The van der Waals surface area contributed by atoms with Gasteiger partial charge in [-0.25, -0.2) is 14.8 Å². The van der Waals surface area contributed by atoms with Gasteiger partial charge in [-0.3, -0.25) is 10.1 Å². The Kier molecular flexibility index (Phi) is 5.67. The van der Waals surface area contributed by atoms with Crippen molar-refractivity contribution >= 4 is 40.1 Å². The van der Waals surface area contributed by atoms with E-state index in [1.54, 1.807) is 6.07 Å². The molecule has 0 fully saturated rings. The van der Waals surface area contributed by atoms with Gasteiger partial charge in [-0.1, -0.05) is 29.2 Å². The summed E-state index contributed by atoms with van der Waals surface area (Å²) in [6, 6.07) is 6.55. The Balaban J connectivity index is 2.13. The SMILES string of the molecule is COC(=O)c1cccc(C(=O)Nc2nc(C)c(SCC#N)s2)n1. The second-order valence-electron chi connectivity index (χ2n) is 4.19. The number of carbonyl (C=O) groups excluding carboxylic acids is 2. The molecule has 0 unspecified atom stereocenters. The van der Waals surface area contributed by atoms with E-state index in [2.05, 4.69) is 20.0 Å². The summed E-state index contributed by atoms with van der Waals surface area (Å²) in [5, 5.41) is 11.7. The molecule has 0 aliphatic rings. The minimum Gasteiger partial charge on any atom is -0.464 e. The summed E-state index contributed by atoms with van der Waals surface area (Å²) in [4.78, 5) is 31.8. The number of hydrogen-bond acceptors (Lipinski definition) is 8. The van der Waals surface area contributed by atoms with Gasteiger partial charge < -0.3 is 4.74 Å². The number of aryl methyl sites for hydroxylation is 1. The number of nitriles is 1. The van der Waals surface area contributed by atoms with Crippen LogP contribution < -0.4 is 5.32 Å². The minimum absolute atomic E-state index is 0.0562. The Hall–Kier alpha value is -2.44. The van der Waals surface area contributed by atoms with Crippen molar-refractivity contribution in [1.29, 1.82) is 5.26 Å². The van der Waals surface area contributed by atoms with Gasteiger partial charge in [-0.15, -0.1) is 0 Å².